The van der Waals surface area contributed by atoms with Gasteiger partial charge in [-0.1, -0.05) is 47.5 Å². The minimum Gasteiger partial charge on any atom is -0.462 e. The van der Waals surface area contributed by atoms with Crippen molar-refractivity contribution in [3.05, 3.63) is 0 Å². The number of thioether (sulfide) groups is 1. The molecule has 0 aliphatic carbocycles. The van der Waals surface area contributed by atoms with Crippen LogP contribution in [0.15, 0.2) is 0 Å². The molecule has 1 rings (SSSR count). The third-order valence-corrected chi connectivity index (χ3v) is 6.81. The first-order valence-corrected chi connectivity index (χ1v) is 14.0. The van der Waals surface area contributed by atoms with Crippen LogP contribution in [0.1, 0.15) is 92.4 Å². The molecule has 1 saturated heterocycles. The Bertz CT molecular complexity index is 557. The molecule has 1 aliphatic rings. The van der Waals surface area contributed by atoms with E-state index in [1.165, 1.54) is 12.8 Å². The van der Waals surface area contributed by atoms with Gasteiger partial charge >= 0.3 is 11.9 Å². The average molecular weight is 487 g/mol. The maximum Gasteiger partial charge on any atom is 0.306 e. The fraction of sp³-hybridized carbons (Fsp3) is 0.923. The van der Waals surface area contributed by atoms with Gasteiger partial charge in [0.05, 0.1) is 0 Å². The van der Waals surface area contributed by atoms with Gasteiger partial charge in [0.1, 0.15) is 12.7 Å². The molecule has 33 heavy (non-hydrogen) atoms. The summed E-state index contributed by atoms with van der Waals surface area (Å²) in [6.07, 6.45) is 7.32. The molecule has 0 saturated carbocycles. The molecule has 0 aromatic carbocycles. The Balaban J connectivity index is 2.34. The van der Waals surface area contributed by atoms with Crippen molar-refractivity contribution in [1.29, 1.82) is 0 Å². The molecular formula is C26H50N2O4S. The molecule has 1 heterocycles. The lowest BCUT2D eigenvalue weighted by atomic mass is 9.73. The monoisotopic (exact) mass is 486 g/mol. The van der Waals surface area contributed by atoms with E-state index in [4.69, 9.17) is 15.2 Å². The van der Waals surface area contributed by atoms with Gasteiger partial charge in [0.2, 0.25) is 0 Å². The molecule has 0 aromatic heterocycles. The third-order valence-electron chi connectivity index (χ3n) is 5.87. The number of esters is 2. The Labute approximate surface area is 207 Å². The maximum atomic E-state index is 12.3. The SMILES string of the molecule is CC(C)(C)CC(C)(C)CCCCCC(=O)OCC(CN1CCSCC1)OC(=O)CCCCN. The van der Waals surface area contributed by atoms with Gasteiger partial charge < -0.3 is 15.2 Å². The molecule has 2 N–H and O–H groups in total. The molecule has 1 atom stereocenters. The Morgan fingerprint density at radius 3 is 2.21 bits per heavy atom. The van der Waals surface area contributed by atoms with Gasteiger partial charge in [0.15, 0.2) is 0 Å². The number of nitrogens with zero attached hydrogens (tertiary/aromatic N) is 1. The van der Waals surface area contributed by atoms with Crippen molar-refractivity contribution < 1.29 is 19.1 Å². The van der Waals surface area contributed by atoms with Crippen molar-refractivity contribution in [2.45, 2.75) is 98.5 Å². The molecule has 0 bridgehead atoms. The summed E-state index contributed by atoms with van der Waals surface area (Å²) in [7, 11) is 0. The zero-order chi connectivity index (χ0) is 24.7. The van der Waals surface area contributed by atoms with Crippen LogP contribution in [0, 0.1) is 10.8 Å². The second-order valence-corrected chi connectivity index (χ2v) is 12.6. The highest BCUT2D eigenvalue weighted by molar-refractivity contribution is 7.99. The minimum absolute atomic E-state index is 0.143. The summed E-state index contributed by atoms with van der Waals surface area (Å²) in [4.78, 5) is 26.8. The summed E-state index contributed by atoms with van der Waals surface area (Å²) in [5, 5.41) is 0. The van der Waals surface area contributed by atoms with Crippen molar-refractivity contribution >= 4 is 23.7 Å². The number of carbonyl (C=O) groups is 2. The maximum absolute atomic E-state index is 12.3. The topological polar surface area (TPSA) is 81.9 Å². The quantitative estimate of drug-likeness (QED) is 0.242. The van der Waals surface area contributed by atoms with Gasteiger partial charge in [0, 0.05) is 44.0 Å². The smallest absolute Gasteiger partial charge is 0.306 e. The van der Waals surface area contributed by atoms with Gasteiger partial charge in [-0.25, -0.2) is 0 Å². The summed E-state index contributed by atoms with van der Waals surface area (Å²) < 4.78 is 11.2. The molecule has 7 heteroatoms. The summed E-state index contributed by atoms with van der Waals surface area (Å²) in [5.41, 5.74) is 6.17. The van der Waals surface area contributed by atoms with E-state index >= 15 is 0 Å². The molecule has 194 valence electrons. The van der Waals surface area contributed by atoms with Crippen LogP contribution in [-0.4, -0.2) is 67.2 Å². The Morgan fingerprint density at radius 1 is 0.939 bits per heavy atom. The van der Waals surface area contributed by atoms with Crippen LogP contribution in [0.5, 0.6) is 0 Å². The lowest BCUT2D eigenvalue weighted by Gasteiger charge is -2.32. The van der Waals surface area contributed by atoms with Crippen molar-refractivity contribution in [3.8, 4) is 0 Å². The molecule has 0 amide bonds. The zero-order valence-corrected chi connectivity index (χ0v) is 22.8. The molecular weight excluding hydrogens is 436 g/mol. The van der Waals surface area contributed by atoms with Gasteiger partial charge in [-0.15, -0.1) is 0 Å². The molecule has 0 spiro atoms. The summed E-state index contributed by atoms with van der Waals surface area (Å²) in [5.74, 6) is 1.75. The van der Waals surface area contributed by atoms with Crippen LogP contribution in [-0.2, 0) is 19.1 Å². The van der Waals surface area contributed by atoms with Crippen molar-refractivity contribution in [1.82, 2.24) is 4.90 Å². The molecule has 1 fully saturated rings. The van der Waals surface area contributed by atoms with Crippen LogP contribution in [0.2, 0.25) is 0 Å². The van der Waals surface area contributed by atoms with E-state index in [-0.39, 0.29) is 18.5 Å². The molecule has 1 aliphatic heterocycles. The van der Waals surface area contributed by atoms with Crippen molar-refractivity contribution in [3.63, 3.8) is 0 Å². The largest absolute Gasteiger partial charge is 0.462 e. The van der Waals surface area contributed by atoms with Crippen LogP contribution in [0.3, 0.4) is 0 Å². The lowest BCUT2D eigenvalue weighted by molar-refractivity contribution is -0.160. The Morgan fingerprint density at radius 2 is 1.58 bits per heavy atom. The highest BCUT2D eigenvalue weighted by Gasteiger charge is 2.25. The average Bonchev–Trinajstić information content (AvgIpc) is 2.71. The van der Waals surface area contributed by atoms with Crippen LogP contribution in [0.25, 0.3) is 0 Å². The Kier molecular flexibility index (Phi) is 14.7. The first-order chi connectivity index (χ1) is 15.5. The molecule has 6 nitrogen and oxygen atoms in total. The standard InChI is InChI=1S/C26H50N2O4S/c1-25(2,3)21-26(4,5)13-9-6-7-11-23(29)31-20-22(19-28-15-17-33-18-16-28)32-24(30)12-8-10-14-27/h22H,6-21,27H2,1-5H3. The molecule has 0 aromatic rings. The normalized spacial score (nSPS) is 16.4. The fourth-order valence-electron chi connectivity index (χ4n) is 4.69. The predicted octanol–water partition coefficient (Wildman–Crippen LogP) is 5.03. The first-order valence-electron chi connectivity index (χ1n) is 12.9. The number of nitrogens with two attached hydrogens (primary N) is 1. The van der Waals surface area contributed by atoms with E-state index in [9.17, 15) is 9.59 Å². The molecule has 0 radical (unpaired) electrons. The van der Waals surface area contributed by atoms with Gasteiger partial charge in [0.25, 0.3) is 0 Å². The highest BCUT2D eigenvalue weighted by Crippen LogP contribution is 2.37. The summed E-state index contributed by atoms with van der Waals surface area (Å²) >= 11 is 1.94. The van der Waals surface area contributed by atoms with E-state index in [1.807, 2.05) is 11.8 Å². The number of hydrogen-bond acceptors (Lipinski definition) is 7. The Hall–Kier alpha value is -0.790. The number of unbranched alkanes of at least 4 members (excludes halogenated alkanes) is 3. The zero-order valence-electron chi connectivity index (χ0n) is 22.0. The fourth-order valence-corrected chi connectivity index (χ4v) is 5.66. The van der Waals surface area contributed by atoms with Crippen LogP contribution >= 0.6 is 11.8 Å². The third kappa shape index (κ3) is 16.5. The second-order valence-electron chi connectivity index (χ2n) is 11.4. The van der Waals surface area contributed by atoms with Crippen molar-refractivity contribution in [2.75, 3.05) is 44.3 Å². The van der Waals surface area contributed by atoms with Gasteiger partial charge in [-0.05, 0) is 49.5 Å². The van der Waals surface area contributed by atoms with E-state index in [0.29, 0.717) is 36.8 Å². The van der Waals surface area contributed by atoms with Crippen LogP contribution < -0.4 is 5.73 Å². The van der Waals surface area contributed by atoms with E-state index in [0.717, 1.165) is 56.7 Å². The van der Waals surface area contributed by atoms with E-state index in [2.05, 4.69) is 39.5 Å². The van der Waals surface area contributed by atoms with E-state index < -0.39 is 6.10 Å². The lowest BCUT2D eigenvalue weighted by Crippen LogP contribution is -2.42. The van der Waals surface area contributed by atoms with Gasteiger partial charge in [-0.2, -0.15) is 11.8 Å². The summed E-state index contributed by atoms with van der Waals surface area (Å²) in [6.45, 7) is 14.9. The van der Waals surface area contributed by atoms with E-state index in [1.54, 1.807) is 0 Å². The number of ether oxygens (including phenoxy) is 2. The van der Waals surface area contributed by atoms with Crippen LogP contribution in [0.4, 0.5) is 0 Å². The number of carbonyl (C=O) groups excluding carboxylic acids is 2. The second kappa shape index (κ2) is 16.0. The van der Waals surface area contributed by atoms with Crippen molar-refractivity contribution in [2.24, 2.45) is 16.6 Å². The van der Waals surface area contributed by atoms with Gasteiger partial charge in [-0.3, -0.25) is 14.5 Å². The number of hydrogen-bond donors (Lipinski definition) is 1. The molecule has 1 unspecified atom stereocenters. The highest BCUT2D eigenvalue weighted by atomic mass is 32.2. The number of rotatable bonds is 16. The summed E-state index contributed by atoms with van der Waals surface area (Å²) in [6, 6.07) is 0. The first kappa shape index (κ1) is 30.2. The predicted molar refractivity (Wildman–Crippen MR) is 138 cm³/mol. The minimum atomic E-state index is -0.402.